The highest BCUT2D eigenvalue weighted by Gasteiger charge is 2.20. The van der Waals surface area contributed by atoms with Crippen molar-refractivity contribution >= 4 is 5.97 Å². The van der Waals surface area contributed by atoms with E-state index in [4.69, 9.17) is 5.11 Å². The van der Waals surface area contributed by atoms with Crippen molar-refractivity contribution < 1.29 is 15.0 Å². The maximum atomic E-state index is 10.6. The van der Waals surface area contributed by atoms with Crippen molar-refractivity contribution in [1.82, 2.24) is 9.97 Å². The molecule has 0 saturated heterocycles. The zero-order chi connectivity index (χ0) is 10.9. The van der Waals surface area contributed by atoms with Gasteiger partial charge >= 0.3 is 5.97 Å². The quantitative estimate of drug-likeness (QED) is 0.727. The van der Waals surface area contributed by atoms with E-state index in [1.165, 1.54) is 6.20 Å². The van der Waals surface area contributed by atoms with Gasteiger partial charge in [0.1, 0.15) is 5.60 Å². The van der Waals surface area contributed by atoms with Gasteiger partial charge in [-0.1, -0.05) is 0 Å². The molecule has 0 aliphatic rings. The molecule has 0 unspecified atom stereocenters. The lowest BCUT2D eigenvalue weighted by Crippen LogP contribution is -2.20. The second kappa shape index (κ2) is 3.34. The summed E-state index contributed by atoms with van der Waals surface area (Å²) < 4.78 is 0. The number of nitrogens with zero attached hydrogens (tertiary/aromatic N) is 2. The Morgan fingerprint density at radius 2 is 2.07 bits per heavy atom. The van der Waals surface area contributed by atoms with Gasteiger partial charge in [-0.2, -0.15) is 0 Å². The summed E-state index contributed by atoms with van der Waals surface area (Å²) in [5, 5.41) is 18.3. The normalized spacial score (nSPS) is 11.4. The average molecular weight is 196 g/mol. The van der Waals surface area contributed by atoms with Gasteiger partial charge in [0.15, 0.2) is 5.69 Å². The number of hydrogen-bond acceptors (Lipinski definition) is 4. The minimum Gasteiger partial charge on any atom is -0.476 e. The number of rotatable bonds is 2. The Bertz CT molecular complexity index is 369. The van der Waals surface area contributed by atoms with Crippen LogP contribution in [0.25, 0.3) is 0 Å². The van der Waals surface area contributed by atoms with Crippen molar-refractivity contribution in [2.45, 2.75) is 26.4 Å². The summed E-state index contributed by atoms with van der Waals surface area (Å²) in [4.78, 5) is 18.3. The highest BCUT2D eigenvalue weighted by Crippen LogP contribution is 2.17. The van der Waals surface area contributed by atoms with Crippen LogP contribution in [0.5, 0.6) is 0 Å². The first-order valence-corrected chi connectivity index (χ1v) is 4.12. The molecule has 0 aliphatic heterocycles. The maximum absolute atomic E-state index is 10.6. The fraction of sp³-hybridized carbons (Fsp3) is 0.444. The van der Waals surface area contributed by atoms with E-state index in [0.717, 1.165) is 0 Å². The van der Waals surface area contributed by atoms with Crippen LogP contribution in [0.2, 0.25) is 0 Å². The molecule has 14 heavy (non-hydrogen) atoms. The third-order valence-corrected chi connectivity index (χ3v) is 1.78. The molecule has 1 rings (SSSR count). The van der Waals surface area contributed by atoms with Gasteiger partial charge in [-0.15, -0.1) is 0 Å². The smallest absolute Gasteiger partial charge is 0.356 e. The molecule has 0 fully saturated rings. The first kappa shape index (κ1) is 10.6. The van der Waals surface area contributed by atoms with Gasteiger partial charge in [-0.05, 0) is 20.8 Å². The molecule has 1 aromatic heterocycles. The molecule has 1 heterocycles. The van der Waals surface area contributed by atoms with Gasteiger partial charge in [-0.3, -0.25) is 4.98 Å². The lowest BCUT2D eigenvalue weighted by atomic mass is 10.1. The molecule has 0 atom stereocenters. The molecular formula is C9H12N2O3. The second-order valence-corrected chi connectivity index (χ2v) is 3.55. The van der Waals surface area contributed by atoms with Crippen LogP contribution in [0, 0.1) is 6.92 Å². The molecular weight excluding hydrogens is 184 g/mol. The second-order valence-electron chi connectivity index (χ2n) is 3.55. The average Bonchev–Trinajstić information content (AvgIpc) is 2.01. The van der Waals surface area contributed by atoms with Crippen LogP contribution in [0.15, 0.2) is 6.20 Å². The molecule has 0 saturated carbocycles. The van der Waals surface area contributed by atoms with Gasteiger partial charge < -0.3 is 10.2 Å². The van der Waals surface area contributed by atoms with Crippen molar-refractivity contribution in [3.05, 3.63) is 23.3 Å². The molecule has 5 heteroatoms. The van der Waals surface area contributed by atoms with Crippen molar-refractivity contribution in [2.75, 3.05) is 0 Å². The van der Waals surface area contributed by atoms with Crippen molar-refractivity contribution in [1.29, 1.82) is 0 Å². The molecule has 0 bridgehead atoms. The maximum Gasteiger partial charge on any atom is 0.356 e. The molecule has 0 aromatic carbocycles. The van der Waals surface area contributed by atoms with Crippen LogP contribution in [0.1, 0.15) is 35.7 Å². The Hall–Kier alpha value is -1.49. The van der Waals surface area contributed by atoms with Crippen LogP contribution in [-0.2, 0) is 5.60 Å². The Morgan fingerprint density at radius 3 is 2.43 bits per heavy atom. The van der Waals surface area contributed by atoms with Crippen molar-refractivity contribution in [3.8, 4) is 0 Å². The third kappa shape index (κ3) is 2.05. The zero-order valence-corrected chi connectivity index (χ0v) is 8.27. The van der Waals surface area contributed by atoms with E-state index in [1.54, 1.807) is 20.8 Å². The third-order valence-electron chi connectivity index (χ3n) is 1.78. The van der Waals surface area contributed by atoms with Gasteiger partial charge in [-0.25, -0.2) is 9.78 Å². The van der Waals surface area contributed by atoms with Crippen LogP contribution in [0.4, 0.5) is 0 Å². The summed E-state index contributed by atoms with van der Waals surface area (Å²) in [5.74, 6) is -1.11. The topological polar surface area (TPSA) is 83.3 Å². The predicted octanol–water partition coefficient (Wildman–Crippen LogP) is 0.711. The van der Waals surface area contributed by atoms with E-state index in [0.29, 0.717) is 11.4 Å². The standard InChI is InChI=1S/C9H12N2O3/c1-5-7(8(12)13)10-4-6(11-5)9(2,3)14/h4,14H,1-3H3,(H,12,13). The van der Waals surface area contributed by atoms with E-state index in [9.17, 15) is 9.90 Å². The monoisotopic (exact) mass is 196 g/mol. The van der Waals surface area contributed by atoms with E-state index in [-0.39, 0.29) is 5.69 Å². The lowest BCUT2D eigenvalue weighted by molar-refractivity contribution is 0.0672. The minimum absolute atomic E-state index is 0.0852. The summed E-state index contributed by atoms with van der Waals surface area (Å²) >= 11 is 0. The van der Waals surface area contributed by atoms with Gasteiger partial charge in [0.2, 0.25) is 0 Å². The number of aromatic nitrogens is 2. The Labute approximate surface area is 81.4 Å². The van der Waals surface area contributed by atoms with Crippen LogP contribution in [-0.4, -0.2) is 26.2 Å². The van der Waals surface area contributed by atoms with Gasteiger partial charge in [0, 0.05) is 0 Å². The van der Waals surface area contributed by atoms with E-state index < -0.39 is 11.6 Å². The summed E-state index contributed by atoms with van der Waals surface area (Å²) in [5.41, 5.74) is -0.524. The van der Waals surface area contributed by atoms with E-state index in [2.05, 4.69) is 9.97 Å². The van der Waals surface area contributed by atoms with Crippen molar-refractivity contribution in [2.24, 2.45) is 0 Å². The van der Waals surface area contributed by atoms with Crippen molar-refractivity contribution in [3.63, 3.8) is 0 Å². The molecule has 2 N–H and O–H groups in total. The number of carboxylic acids is 1. The first-order chi connectivity index (χ1) is 6.32. The highest BCUT2D eigenvalue weighted by atomic mass is 16.4. The fourth-order valence-corrected chi connectivity index (χ4v) is 0.986. The fourth-order valence-electron chi connectivity index (χ4n) is 0.986. The number of aliphatic hydroxyl groups is 1. The number of aryl methyl sites for hydroxylation is 1. The summed E-state index contributed by atoms with van der Waals surface area (Å²) in [6.07, 6.45) is 1.27. The molecule has 0 spiro atoms. The summed E-state index contributed by atoms with van der Waals surface area (Å²) in [6.45, 7) is 4.68. The highest BCUT2D eigenvalue weighted by molar-refractivity contribution is 5.86. The van der Waals surface area contributed by atoms with Gasteiger partial charge in [0.05, 0.1) is 17.6 Å². The summed E-state index contributed by atoms with van der Waals surface area (Å²) in [6, 6.07) is 0. The Morgan fingerprint density at radius 1 is 1.50 bits per heavy atom. The van der Waals surface area contributed by atoms with Crippen LogP contribution >= 0.6 is 0 Å². The SMILES string of the molecule is Cc1nc(C(C)(C)O)cnc1C(=O)O. The summed E-state index contributed by atoms with van der Waals surface area (Å²) in [7, 11) is 0. The van der Waals surface area contributed by atoms with Crippen LogP contribution < -0.4 is 0 Å². The molecule has 0 amide bonds. The number of hydrogen-bond donors (Lipinski definition) is 2. The Balaban J connectivity index is 3.20. The first-order valence-electron chi connectivity index (χ1n) is 4.12. The van der Waals surface area contributed by atoms with E-state index >= 15 is 0 Å². The Kier molecular flexibility index (Phi) is 2.53. The molecule has 1 aromatic rings. The number of aromatic carboxylic acids is 1. The zero-order valence-electron chi connectivity index (χ0n) is 8.27. The van der Waals surface area contributed by atoms with Gasteiger partial charge in [0.25, 0.3) is 0 Å². The molecule has 5 nitrogen and oxygen atoms in total. The number of carboxylic acid groups (broad SMARTS) is 1. The lowest BCUT2D eigenvalue weighted by Gasteiger charge is -2.16. The minimum atomic E-state index is -1.11. The van der Waals surface area contributed by atoms with Crippen LogP contribution in [0.3, 0.4) is 0 Å². The molecule has 0 radical (unpaired) electrons. The molecule has 76 valence electrons. The van der Waals surface area contributed by atoms with E-state index in [1.807, 2.05) is 0 Å². The largest absolute Gasteiger partial charge is 0.476 e. The number of carbonyl (C=O) groups is 1. The predicted molar refractivity (Wildman–Crippen MR) is 49.0 cm³/mol. The molecule has 0 aliphatic carbocycles.